The molecule has 0 amide bonds. The summed E-state index contributed by atoms with van der Waals surface area (Å²) < 4.78 is 38.2. The van der Waals surface area contributed by atoms with E-state index in [0.29, 0.717) is 45.6 Å². The zero-order valence-corrected chi connectivity index (χ0v) is 19.1. The molecule has 31 heavy (non-hydrogen) atoms. The standard InChI is InChI=1S/C23H30O8/c1-8-31-23(24)11-14(15-9-19(27-4)21(29-6)12-17(15)25-2)16-10-20(28-5)22(30-7)13-18(16)26-3/h9-10,12-14H,8,11H2,1-7H3. The number of rotatable bonds is 11. The van der Waals surface area contributed by atoms with E-state index >= 15 is 0 Å². The molecule has 0 bridgehead atoms. The highest BCUT2D eigenvalue weighted by atomic mass is 16.5. The molecule has 0 fully saturated rings. The van der Waals surface area contributed by atoms with Crippen LogP contribution < -0.4 is 28.4 Å². The number of esters is 1. The SMILES string of the molecule is CCOC(=O)CC(c1cc(OC)c(OC)cc1OC)c1cc(OC)c(OC)cc1OC. The fourth-order valence-corrected chi connectivity index (χ4v) is 3.42. The van der Waals surface area contributed by atoms with Gasteiger partial charge in [0.1, 0.15) is 11.5 Å². The molecule has 2 rings (SSSR count). The Morgan fingerprint density at radius 3 is 1.32 bits per heavy atom. The van der Waals surface area contributed by atoms with E-state index in [-0.39, 0.29) is 19.0 Å². The first kappa shape index (κ1) is 24.0. The normalized spacial score (nSPS) is 10.5. The zero-order chi connectivity index (χ0) is 23.0. The fourth-order valence-electron chi connectivity index (χ4n) is 3.42. The third-order valence-corrected chi connectivity index (χ3v) is 4.90. The average Bonchev–Trinajstić information content (AvgIpc) is 2.80. The fraction of sp³-hybridized carbons (Fsp3) is 0.435. The van der Waals surface area contributed by atoms with Crippen LogP contribution in [0.4, 0.5) is 0 Å². The van der Waals surface area contributed by atoms with Crippen LogP contribution >= 0.6 is 0 Å². The lowest BCUT2D eigenvalue weighted by atomic mass is 9.86. The van der Waals surface area contributed by atoms with Crippen molar-refractivity contribution in [2.24, 2.45) is 0 Å². The van der Waals surface area contributed by atoms with Gasteiger partial charge in [0.15, 0.2) is 23.0 Å². The Morgan fingerprint density at radius 1 is 0.645 bits per heavy atom. The van der Waals surface area contributed by atoms with Gasteiger partial charge in [0.2, 0.25) is 0 Å². The van der Waals surface area contributed by atoms with E-state index in [9.17, 15) is 4.79 Å². The highest BCUT2D eigenvalue weighted by molar-refractivity contribution is 5.73. The molecule has 0 aliphatic rings. The summed E-state index contributed by atoms with van der Waals surface area (Å²) in [4.78, 5) is 12.5. The van der Waals surface area contributed by atoms with Gasteiger partial charge in [-0.25, -0.2) is 0 Å². The van der Waals surface area contributed by atoms with Crippen molar-refractivity contribution in [3.8, 4) is 34.5 Å². The first-order chi connectivity index (χ1) is 15.0. The van der Waals surface area contributed by atoms with Crippen LogP contribution in [0, 0.1) is 0 Å². The van der Waals surface area contributed by atoms with E-state index in [4.69, 9.17) is 33.2 Å². The van der Waals surface area contributed by atoms with Crippen molar-refractivity contribution >= 4 is 5.97 Å². The topological polar surface area (TPSA) is 81.7 Å². The van der Waals surface area contributed by atoms with Crippen molar-refractivity contribution in [1.82, 2.24) is 0 Å². The smallest absolute Gasteiger partial charge is 0.306 e. The first-order valence-corrected chi connectivity index (χ1v) is 9.73. The minimum absolute atomic E-state index is 0.0471. The van der Waals surface area contributed by atoms with Gasteiger partial charge in [0.05, 0.1) is 55.7 Å². The molecule has 0 aromatic heterocycles. The predicted molar refractivity (Wildman–Crippen MR) is 115 cm³/mol. The van der Waals surface area contributed by atoms with Crippen molar-refractivity contribution in [2.75, 3.05) is 49.3 Å². The Labute approximate surface area is 182 Å². The molecule has 0 radical (unpaired) electrons. The molecule has 8 nitrogen and oxygen atoms in total. The maximum Gasteiger partial charge on any atom is 0.306 e. The van der Waals surface area contributed by atoms with E-state index < -0.39 is 5.92 Å². The second-order valence-corrected chi connectivity index (χ2v) is 6.46. The highest BCUT2D eigenvalue weighted by Gasteiger charge is 2.28. The molecule has 0 N–H and O–H groups in total. The van der Waals surface area contributed by atoms with Crippen LogP contribution in [-0.2, 0) is 9.53 Å². The van der Waals surface area contributed by atoms with Gasteiger partial charge in [-0.1, -0.05) is 0 Å². The van der Waals surface area contributed by atoms with Crippen LogP contribution in [0.5, 0.6) is 34.5 Å². The third-order valence-electron chi connectivity index (χ3n) is 4.90. The number of hydrogen-bond acceptors (Lipinski definition) is 8. The number of hydrogen-bond donors (Lipinski definition) is 0. The van der Waals surface area contributed by atoms with E-state index in [0.717, 1.165) is 0 Å². The third kappa shape index (κ3) is 5.25. The van der Waals surface area contributed by atoms with Crippen LogP contribution in [0.3, 0.4) is 0 Å². The summed E-state index contributed by atoms with van der Waals surface area (Å²) in [5.74, 6) is 2.25. The quantitative estimate of drug-likeness (QED) is 0.494. The first-order valence-electron chi connectivity index (χ1n) is 9.73. The van der Waals surface area contributed by atoms with Crippen molar-refractivity contribution in [3.63, 3.8) is 0 Å². The maximum absolute atomic E-state index is 12.5. The number of carbonyl (C=O) groups is 1. The van der Waals surface area contributed by atoms with Crippen LogP contribution in [0.2, 0.25) is 0 Å². The molecule has 0 saturated carbocycles. The molecule has 170 valence electrons. The molecule has 8 heteroatoms. The van der Waals surface area contributed by atoms with Gasteiger partial charge in [-0.05, 0) is 19.1 Å². The monoisotopic (exact) mass is 434 g/mol. The Balaban J connectivity index is 2.77. The minimum Gasteiger partial charge on any atom is -0.496 e. The summed E-state index contributed by atoms with van der Waals surface area (Å²) in [7, 11) is 9.29. The summed E-state index contributed by atoms with van der Waals surface area (Å²) >= 11 is 0. The van der Waals surface area contributed by atoms with Crippen LogP contribution in [0.15, 0.2) is 24.3 Å². The summed E-state index contributed by atoms with van der Waals surface area (Å²) in [5, 5.41) is 0. The molecule has 2 aromatic rings. The number of ether oxygens (including phenoxy) is 7. The van der Waals surface area contributed by atoms with Crippen molar-refractivity contribution in [1.29, 1.82) is 0 Å². The van der Waals surface area contributed by atoms with Gasteiger partial charge in [0, 0.05) is 29.2 Å². The predicted octanol–water partition coefficient (Wildman–Crippen LogP) is 3.82. The Hall–Kier alpha value is -3.29. The average molecular weight is 434 g/mol. The van der Waals surface area contributed by atoms with Gasteiger partial charge in [0.25, 0.3) is 0 Å². The molecule has 2 aromatic carbocycles. The van der Waals surface area contributed by atoms with Gasteiger partial charge >= 0.3 is 5.97 Å². The molecule has 0 atom stereocenters. The van der Waals surface area contributed by atoms with Crippen molar-refractivity contribution in [2.45, 2.75) is 19.3 Å². The summed E-state index contributed by atoms with van der Waals surface area (Å²) in [6.45, 7) is 2.04. The lowest BCUT2D eigenvalue weighted by Gasteiger charge is -2.24. The second-order valence-electron chi connectivity index (χ2n) is 6.46. The highest BCUT2D eigenvalue weighted by Crippen LogP contribution is 2.46. The lowest BCUT2D eigenvalue weighted by Crippen LogP contribution is -2.14. The second kappa shape index (κ2) is 11.2. The maximum atomic E-state index is 12.5. The minimum atomic E-state index is -0.483. The van der Waals surface area contributed by atoms with E-state index in [1.165, 1.54) is 0 Å². The van der Waals surface area contributed by atoms with E-state index in [1.54, 1.807) is 73.8 Å². The molecular weight excluding hydrogens is 404 g/mol. The molecule has 0 spiro atoms. The lowest BCUT2D eigenvalue weighted by molar-refractivity contribution is -0.143. The number of benzene rings is 2. The van der Waals surface area contributed by atoms with Crippen molar-refractivity contribution in [3.05, 3.63) is 35.4 Å². The number of methoxy groups -OCH3 is 6. The van der Waals surface area contributed by atoms with Crippen molar-refractivity contribution < 1.29 is 38.0 Å². The summed E-state index contributed by atoms with van der Waals surface area (Å²) in [6, 6.07) is 7.02. The Kier molecular flexibility index (Phi) is 8.66. The van der Waals surface area contributed by atoms with Gasteiger partial charge < -0.3 is 33.2 Å². The van der Waals surface area contributed by atoms with E-state index in [2.05, 4.69) is 0 Å². The Bertz CT molecular complexity index is 830. The Morgan fingerprint density at radius 2 is 1.00 bits per heavy atom. The molecule has 0 heterocycles. The van der Waals surface area contributed by atoms with E-state index in [1.807, 2.05) is 0 Å². The summed E-state index contributed by atoms with van der Waals surface area (Å²) in [6.07, 6.45) is 0.0471. The molecule has 0 aliphatic heterocycles. The zero-order valence-electron chi connectivity index (χ0n) is 19.1. The van der Waals surface area contributed by atoms with Crippen LogP contribution in [0.25, 0.3) is 0 Å². The van der Waals surface area contributed by atoms with Gasteiger partial charge in [-0.15, -0.1) is 0 Å². The summed E-state index contributed by atoms with van der Waals surface area (Å²) in [5.41, 5.74) is 1.41. The van der Waals surface area contributed by atoms with Crippen LogP contribution in [0.1, 0.15) is 30.4 Å². The van der Waals surface area contributed by atoms with Gasteiger partial charge in [-0.2, -0.15) is 0 Å². The van der Waals surface area contributed by atoms with Gasteiger partial charge in [-0.3, -0.25) is 4.79 Å². The molecule has 0 aliphatic carbocycles. The van der Waals surface area contributed by atoms with Crippen LogP contribution in [-0.4, -0.2) is 55.2 Å². The molecule has 0 unspecified atom stereocenters. The molecule has 0 saturated heterocycles. The largest absolute Gasteiger partial charge is 0.496 e. The molecular formula is C23H30O8. The number of carbonyl (C=O) groups excluding carboxylic acids is 1.